The van der Waals surface area contributed by atoms with E-state index in [-0.39, 0.29) is 43.3 Å². The van der Waals surface area contributed by atoms with Crippen LogP contribution in [0.15, 0.2) is 23.8 Å². The van der Waals surface area contributed by atoms with Gasteiger partial charge in [0.2, 0.25) is 0 Å². The lowest BCUT2D eigenvalue weighted by atomic mass is 9.46. The summed E-state index contributed by atoms with van der Waals surface area (Å²) < 4.78 is 21.1. The molecule has 0 aromatic rings. The molecule has 0 aromatic heterocycles. The lowest BCUT2D eigenvalue weighted by Gasteiger charge is -2.60. The van der Waals surface area contributed by atoms with Gasteiger partial charge in [-0.25, -0.2) is 9.18 Å². The second-order valence-electron chi connectivity index (χ2n) is 10.5. The molecule has 4 rings (SSSR count). The first-order valence-corrected chi connectivity index (χ1v) is 11.7. The minimum absolute atomic E-state index is 0.0232. The van der Waals surface area contributed by atoms with E-state index in [0.717, 1.165) is 0 Å². The predicted molar refractivity (Wildman–Crippen MR) is 115 cm³/mol. The maximum absolute atomic E-state index is 15.4. The van der Waals surface area contributed by atoms with E-state index in [1.807, 2.05) is 6.92 Å². The summed E-state index contributed by atoms with van der Waals surface area (Å²) in [5, 5.41) is 21.0. The summed E-state index contributed by atoms with van der Waals surface area (Å²) in [5.41, 5.74) is -3.56. The van der Waals surface area contributed by atoms with Gasteiger partial charge in [-0.05, 0) is 61.7 Å². The average molecular weight is 463 g/mol. The topological polar surface area (TPSA) is 118 Å². The number of fused-ring (bicyclic) bond motifs is 5. The first-order chi connectivity index (χ1) is 15.4. The lowest BCUT2D eigenvalue weighted by molar-refractivity contribution is -0.202. The van der Waals surface area contributed by atoms with Crippen LogP contribution in [-0.4, -0.2) is 51.6 Å². The first kappa shape index (κ1) is 23.8. The van der Waals surface area contributed by atoms with E-state index in [4.69, 9.17) is 4.74 Å². The van der Waals surface area contributed by atoms with Crippen LogP contribution < -0.4 is 0 Å². The number of halogens is 1. The highest BCUT2D eigenvalue weighted by molar-refractivity contribution is 6.36. The van der Waals surface area contributed by atoms with Crippen LogP contribution in [0.25, 0.3) is 0 Å². The van der Waals surface area contributed by atoms with Crippen molar-refractivity contribution in [1.29, 1.82) is 0 Å². The van der Waals surface area contributed by atoms with Gasteiger partial charge in [0.05, 0.1) is 6.10 Å². The molecule has 33 heavy (non-hydrogen) atoms. The van der Waals surface area contributed by atoms with Gasteiger partial charge in [0.15, 0.2) is 11.4 Å². The number of esters is 1. The molecule has 0 aromatic carbocycles. The summed E-state index contributed by atoms with van der Waals surface area (Å²) in [7, 11) is 0. The Kier molecular flexibility index (Phi) is 5.67. The molecule has 0 bridgehead atoms. The van der Waals surface area contributed by atoms with Gasteiger partial charge in [0.25, 0.3) is 5.78 Å². The Balaban J connectivity index is 1.79. The molecule has 0 heterocycles. The predicted octanol–water partition coefficient (Wildman–Crippen LogP) is 2.95. The maximum atomic E-state index is 15.4. The molecule has 3 fully saturated rings. The molecule has 8 atom stereocenters. The third-order valence-corrected chi connectivity index (χ3v) is 8.90. The molecule has 4 aliphatic carbocycles. The molecule has 3 saturated carbocycles. The van der Waals surface area contributed by atoms with Crippen LogP contribution in [0.5, 0.6) is 0 Å². The Morgan fingerprint density at radius 3 is 2.61 bits per heavy atom. The lowest BCUT2D eigenvalue weighted by Crippen LogP contribution is -2.64. The van der Waals surface area contributed by atoms with Crippen molar-refractivity contribution in [2.45, 2.75) is 77.2 Å². The van der Waals surface area contributed by atoms with Crippen LogP contribution in [0.2, 0.25) is 0 Å². The van der Waals surface area contributed by atoms with Gasteiger partial charge in [-0.3, -0.25) is 14.4 Å². The van der Waals surface area contributed by atoms with Gasteiger partial charge in [-0.2, -0.15) is 0 Å². The summed E-state index contributed by atoms with van der Waals surface area (Å²) in [6.07, 6.45) is 3.02. The van der Waals surface area contributed by atoms with E-state index >= 15 is 4.39 Å². The van der Waals surface area contributed by atoms with E-state index in [0.29, 0.717) is 18.4 Å². The van der Waals surface area contributed by atoms with E-state index in [2.05, 4.69) is 0 Å². The third-order valence-electron chi connectivity index (χ3n) is 8.90. The van der Waals surface area contributed by atoms with Gasteiger partial charge in [0.1, 0.15) is 6.17 Å². The van der Waals surface area contributed by atoms with Gasteiger partial charge >= 0.3 is 11.9 Å². The highest BCUT2D eigenvalue weighted by atomic mass is 19.1. The summed E-state index contributed by atoms with van der Waals surface area (Å²) in [4.78, 5) is 49.3. The number of alkyl halides is 1. The van der Waals surface area contributed by atoms with Crippen molar-refractivity contribution in [1.82, 2.24) is 0 Å². The number of ketones is 2. The first-order valence-electron chi connectivity index (χ1n) is 11.7. The molecule has 2 N–H and O–H groups in total. The molecular formula is C25H31FO7. The van der Waals surface area contributed by atoms with E-state index in [9.17, 15) is 29.4 Å². The molecule has 4 aliphatic rings. The van der Waals surface area contributed by atoms with Gasteiger partial charge < -0.3 is 14.9 Å². The molecule has 0 amide bonds. The van der Waals surface area contributed by atoms with Crippen molar-refractivity contribution >= 4 is 23.5 Å². The number of aliphatic hydroxyl groups is 1. The van der Waals surface area contributed by atoms with Crippen LogP contribution in [0.4, 0.5) is 4.39 Å². The van der Waals surface area contributed by atoms with Crippen molar-refractivity contribution in [2.24, 2.45) is 28.6 Å². The highest BCUT2D eigenvalue weighted by Gasteiger charge is 2.72. The van der Waals surface area contributed by atoms with Crippen molar-refractivity contribution in [3.63, 3.8) is 0 Å². The normalized spacial score (nSPS) is 43.7. The minimum atomic E-state index is -1.90. The van der Waals surface area contributed by atoms with Crippen molar-refractivity contribution in [3.8, 4) is 0 Å². The summed E-state index contributed by atoms with van der Waals surface area (Å²) in [6.45, 7) is 5.30. The molecule has 180 valence electrons. The number of ether oxygens (including phenoxy) is 1. The van der Waals surface area contributed by atoms with Crippen LogP contribution >= 0.6 is 0 Å². The molecule has 0 aliphatic heterocycles. The number of carbonyl (C=O) groups excluding carboxylic acids is 3. The van der Waals surface area contributed by atoms with E-state index in [1.165, 1.54) is 12.2 Å². The number of allylic oxidation sites excluding steroid dienone is 4. The zero-order chi connectivity index (χ0) is 24.3. The molecule has 0 radical (unpaired) electrons. The molecule has 8 heteroatoms. The number of carboxylic acids is 1. The number of rotatable bonds is 5. The standard InChI is InChI=1S/C25H31FO7/c1-4-5-19(29)33-25(21(30)22(31)32)9-7-15-14-11-17(26)16-10-13(27)6-8-23(16,2)20(14)18(28)12-24(15,25)3/h6,8,10,14-15,17-18,20,28H,4-5,7,9,11-12H2,1-3H3,(H,31,32)/t14-,15-,17?,18?,20+,23-,24-,25-/m0/s1. The van der Waals surface area contributed by atoms with E-state index < -0.39 is 52.3 Å². The largest absolute Gasteiger partial charge is 0.475 e. The van der Waals surface area contributed by atoms with Gasteiger partial charge in [0, 0.05) is 23.2 Å². The van der Waals surface area contributed by atoms with E-state index in [1.54, 1.807) is 19.9 Å². The molecule has 2 unspecified atom stereocenters. The summed E-state index contributed by atoms with van der Waals surface area (Å²) >= 11 is 0. The second kappa shape index (κ2) is 7.86. The average Bonchev–Trinajstić information content (AvgIpc) is 3.01. The zero-order valence-corrected chi connectivity index (χ0v) is 19.2. The fourth-order valence-corrected chi connectivity index (χ4v) is 7.53. The smallest absolute Gasteiger partial charge is 0.376 e. The number of hydrogen-bond donors (Lipinski definition) is 2. The molecule has 0 spiro atoms. The van der Waals surface area contributed by atoms with Gasteiger partial charge in [-0.15, -0.1) is 0 Å². The monoisotopic (exact) mass is 462 g/mol. The maximum Gasteiger partial charge on any atom is 0.376 e. The molecular weight excluding hydrogens is 431 g/mol. The molecule has 7 nitrogen and oxygen atoms in total. The Hall–Kier alpha value is -2.35. The van der Waals surface area contributed by atoms with Crippen LogP contribution in [-0.2, 0) is 23.9 Å². The Bertz CT molecular complexity index is 970. The minimum Gasteiger partial charge on any atom is -0.475 e. The Morgan fingerprint density at radius 1 is 1.27 bits per heavy atom. The fraction of sp³-hybridized carbons (Fsp3) is 0.680. The van der Waals surface area contributed by atoms with Crippen molar-refractivity contribution in [3.05, 3.63) is 23.8 Å². The van der Waals surface area contributed by atoms with Crippen molar-refractivity contribution < 1.29 is 38.5 Å². The molecule has 0 saturated heterocycles. The Morgan fingerprint density at radius 2 is 1.97 bits per heavy atom. The quantitative estimate of drug-likeness (QED) is 0.476. The van der Waals surface area contributed by atoms with Crippen LogP contribution in [0, 0.1) is 28.6 Å². The highest BCUT2D eigenvalue weighted by Crippen LogP contribution is 2.68. The second-order valence-corrected chi connectivity index (χ2v) is 10.5. The Labute approximate surface area is 192 Å². The number of hydrogen-bond acceptors (Lipinski definition) is 6. The SMILES string of the molecule is CCCC(=O)O[C@]1(C(=O)C(=O)O)CC[C@H]2[C@@H]3CC(F)C4=CC(=O)C=C[C@]4(C)[C@H]3C(O)C[C@@]21C. The number of carboxylic acid groups (broad SMARTS) is 1. The summed E-state index contributed by atoms with van der Waals surface area (Å²) in [6, 6.07) is 0. The van der Waals surface area contributed by atoms with Crippen LogP contribution in [0.3, 0.4) is 0 Å². The summed E-state index contributed by atoms with van der Waals surface area (Å²) in [5.74, 6) is -4.91. The fourth-order valence-electron chi connectivity index (χ4n) is 7.53. The van der Waals surface area contributed by atoms with Crippen molar-refractivity contribution in [2.75, 3.05) is 0 Å². The number of Topliss-reactive ketones (excluding diaryl/α,β-unsaturated/α-hetero) is 1. The van der Waals surface area contributed by atoms with Gasteiger partial charge in [-0.1, -0.05) is 26.8 Å². The third kappa shape index (κ3) is 3.24. The van der Waals surface area contributed by atoms with Crippen LogP contribution in [0.1, 0.15) is 59.3 Å². The number of aliphatic carboxylic acids is 1. The number of carbonyl (C=O) groups is 4. The number of aliphatic hydroxyl groups excluding tert-OH is 1. The zero-order valence-electron chi connectivity index (χ0n) is 19.2.